The van der Waals surface area contributed by atoms with Gasteiger partial charge in [-0.25, -0.2) is 4.79 Å². The number of aryl methyl sites for hydroxylation is 1. The molecule has 2 aromatic carbocycles. The number of hydrogen-bond acceptors (Lipinski definition) is 3. The zero-order valence-corrected chi connectivity index (χ0v) is 16.6. The predicted octanol–water partition coefficient (Wildman–Crippen LogP) is 3.52. The SMILES string of the molecule is Cc1ccccc1NC(=O)CN1C(=O)NC(C)(c2ccc(C(C)C)cc2)C1=O. The first kappa shape index (κ1) is 19.6. The first-order valence-electron chi connectivity index (χ1n) is 9.32. The predicted molar refractivity (Wildman–Crippen MR) is 108 cm³/mol. The Morgan fingerprint density at radius 2 is 1.75 bits per heavy atom. The van der Waals surface area contributed by atoms with Gasteiger partial charge in [-0.1, -0.05) is 56.3 Å². The average Bonchev–Trinajstić information content (AvgIpc) is 2.88. The van der Waals surface area contributed by atoms with Crippen LogP contribution in [-0.2, 0) is 15.1 Å². The molecule has 1 aliphatic rings. The van der Waals surface area contributed by atoms with Gasteiger partial charge >= 0.3 is 6.03 Å². The van der Waals surface area contributed by atoms with Crippen LogP contribution in [0.4, 0.5) is 10.5 Å². The van der Waals surface area contributed by atoms with Gasteiger partial charge < -0.3 is 10.6 Å². The monoisotopic (exact) mass is 379 g/mol. The molecule has 1 unspecified atom stereocenters. The topological polar surface area (TPSA) is 78.5 Å². The van der Waals surface area contributed by atoms with Gasteiger partial charge in [0.2, 0.25) is 5.91 Å². The molecular formula is C22H25N3O3. The highest BCUT2D eigenvalue weighted by Gasteiger charge is 2.49. The lowest BCUT2D eigenvalue weighted by atomic mass is 9.90. The zero-order chi connectivity index (χ0) is 20.5. The van der Waals surface area contributed by atoms with Gasteiger partial charge in [0.05, 0.1) is 0 Å². The van der Waals surface area contributed by atoms with Crippen molar-refractivity contribution >= 4 is 23.5 Å². The van der Waals surface area contributed by atoms with E-state index in [2.05, 4.69) is 24.5 Å². The minimum absolute atomic E-state index is 0.335. The number of nitrogens with one attached hydrogen (secondary N) is 2. The van der Waals surface area contributed by atoms with Gasteiger partial charge in [0.15, 0.2) is 0 Å². The van der Waals surface area contributed by atoms with E-state index < -0.39 is 23.4 Å². The van der Waals surface area contributed by atoms with Crippen molar-refractivity contribution in [2.24, 2.45) is 0 Å². The van der Waals surface area contributed by atoms with E-state index in [0.717, 1.165) is 16.0 Å². The molecule has 2 N–H and O–H groups in total. The van der Waals surface area contributed by atoms with Crippen molar-refractivity contribution in [1.29, 1.82) is 0 Å². The van der Waals surface area contributed by atoms with Crippen molar-refractivity contribution in [3.8, 4) is 0 Å². The zero-order valence-electron chi connectivity index (χ0n) is 16.6. The lowest BCUT2D eigenvalue weighted by Crippen LogP contribution is -2.42. The molecule has 0 aliphatic carbocycles. The van der Waals surface area contributed by atoms with Gasteiger partial charge in [-0.2, -0.15) is 0 Å². The molecule has 1 saturated heterocycles. The van der Waals surface area contributed by atoms with Crippen molar-refractivity contribution in [3.63, 3.8) is 0 Å². The summed E-state index contributed by atoms with van der Waals surface area (Å²) in [6.07, 6.45) is 0. The summed E-state index contributed by atoms with van der Waals surface area (Å²) in [5.41, 5.74) is 2.22. The minimum atomic E-state index is -1.18. The normalized spacial score (nSPS) is 19.1. The summed E-state index contributed by atoms with van der Waals surface area (Å²) in [5, 5.41) is 5.49. The first-order chi connectivity index (χ1) is 13.2. The number of carbonyl (C=O) groups excluding carboxylic acids is 3. The summed E-state index contributed by atoms with van der Waals surface area (Å²) in [5.74, 6) is -0.482. The Kier molecular flexibility index (Phi) is 5.23. The highest BCUT2D eigenvalue weighted by molar-refractivity contribution is 6.10. The molecular weight excluding hydrogens is 354 g/mol. The largest absolute Gasteiger partial charge is 0.325 e. The summed E-state index contributed by atoms with van der Waals surface area (Å²) in [7, 11) is 0. The van der Waals surface area contributed by atoms with Crippen molar-refractivity contribution in [3.05, 3.63) is 65.2 Å². The number of urea groups is 1. The summed E-state index contributed by atoms with van der Waals surface area (Å²) >= 11 is 0. The minimum Gasteiger partial charge on any atom is -0.324 e. The van der Waals surface area contributed by atoms with Crippen molar-refractivity contribution < 1.29 is 14.4 Å². The molecule has 28 heavy (non-hydrogen) atoms. The molecule has 1 fully saturated rings. The third-order valence-corrected chi connectivity index (χ3v) is 5.15. The van der Waals surface area contributed by atoms with Crippen LogP contribution < -0.4 is 10.6 Å². The van der Waals surface area contributed by atoms with E-state index in [1.807, 2.05) is 49.4 Å². The molecule has 6 nitrogen and oxygen atoms in total. The third kappa shape index (κ3) is 3.63. The van der Waals surface area contributed by atoms with Gasteiger partial charge in [0.1, 0.15) is 12.1 Å². The van der Waals surface area contributed by atoms with Crippen LogP contribution in [0.15, 0.2) is 48.5 Å². The van der Waals surface area contributed by atoms with Gasteiger partial charge in [-0.15, -0.1) is 0 Å². The van der Waals surface area contributed by atoms with Crippen LogP contribution in [0.25, 0.3) is 0 Å². The van der Waals surface area contributed by atoms with E-state index in [4.69, 9.17) is 0 Å². The van der Waals surface area contributed by atoms with E-state index in [0.29, 0.717) is 17.2 Å². The lowest BCUT2D eigenvalue weighted by molar-refractivity contribution is -0.133. The van der Waals surface area contributed by atoms with Gasteiger partial charge in [0.25, 0.3) is 5.91 Å². The Bertz CT molecular complexity index is 921. The fourth-order valence-electron chi connectivity index (χ4n) is 3.28. The molecule has 1 heterocycles. The second-order valence-corrected chi connectivity index (χ2v) is 7.59. The molecule has 0 spiro atoms. The molecule has 0 aromatic heterocycles. The number of benzene rings is 2. The number of hydrogen-bond donors (Lipinski definition) is 2. The molecule has 6 heteroatoms. The van der Waals surface area contributed by atoms with Crippen LogP contribution in [0.1, 0.15) is 43.4 Å². The molecule has 0 radical (unpaired) electrons. The third-order valence-electron chi connectivity index (χ3n) is 5.15. The van der Waals surface area contributed by atoms with Crippen molar-refractivity contribution in [1.82, 2.24) is 10.2 Å². The first-order valence-corrected chi connectivity index (χ1v) is 9.32. The molecule has 0 bridgehead atoms. The number of amides is 4. The second kappa shape index (κ2) is 7.46. The Labute approximate surface area is 164 Å². The summed E-state index contributed by atoms with van der Waals surface area (Å²) in [6.45, 7) is 7.39. The molecule has 146 valence electrons. The fourth-order valence-corrected chi connectivity index (χ4v) is 3.28. The van der Waals surface area contributed by atoms with Crippen molar-refractivity contribution in [2.45, 2.75) is 39.2 Å². The Morgan fingerprint density at radius 3 is 2.36 bits per heavy atom. The van der Waals surface area contributed by atoms with Crippen LogP contribution in [0, 0.1) is 6.92 Å². The molecule has 0 saturated carbocycles. The lowest BCUT2D eigenvalue weighted by Gasteiger charge is -2.22. The van der Waals surface area contributed by atoms with E-state index in [1.165, 1.54) is 0 Å². The molecule has 1 aliphatic heterocycles. The number of para-hydroxylation sites is 1. The summed E-state index contributed by atoms with van der Waals surface area (Å²) in [4.78, 5) is 38.7. The van der Waals surface area contributed by atoms with Gasteiger partial charge in [0, 0.05) is 5.69 Å². The maximum absolute atomic E-state index is 13.0. The van der Waals surface area contributed by atoms with E-state index in [1.54, 1.807) is 13.0 Å². The second-order valence-electron chi connectivity index (χ2n) is 7.59. The maximum atomic E-state index is 13.0. The Hall–Kier alpha value is -3.15. The quantitative estimate of drug-likeness (QED) is 0.780. The Balaban J connectivity index is 1.75. The molecule has 1 atom stereocenters. The number of nitrogens with zero attached hydrogens (tertiary/aromatic N) is 1. The number of anilines is 1. The fraction of sp³-hybridized carbons (Fsp3) is 0.318. The van der Waals surface area contributed by atoms with Gasteiger partial charge in [-0.05, 0) is 42.5 Å². The molecule has 4 amide bonds. The van der Waals surface area contributed by atoms with Crippen LogP contribution in [0.3, 0.4) is 0 Å². The van der Waals surface area contributed by atoms with Crippen LogP contribution in [-0.4, -0.2) is 29.3 Å². The van der Waals surface area contributed by atoms with E-state index >= 15 is 0 Å². The number of rotatable bonds is 5. The smallest absolute Gasteiger partial charge is 0.324 e. The number of imide groups is 1. The average molecular weight is 379 g/mol. The van der Waals surface area contributed by atoms with Crippen LogP contribution in [0.5, 0.6) is 0 Å². The molecule has 2 aromatic rings. The summed E-state index contributed by atoms with van der Waals surface area (Å²) < 4.78 is 0. The van der Waals surface area contributed by atoms with Gasteiger partial charge in [-0.3, -0.25) is 14.5 Å². The van der Waals surface area contributed by atoms with E-state index in [9.17, 15) is 14.4 Å². The van der Waals surface area contributed by atoms with Crippen LogP contribution in [0.2, 0.25) is 0 Å². The van der Waals surface area contributed by atoms with Crippen molar-refractivity contribution in [2.75, 3.05) is 11.9 Å². The molecule has 3 rings (SSSR count). The highest BCUT2D eigenvalue weighted by Crippen LogP contribution is 2.30. The maximum Gasteiger partial charge on any atom is 0.325 e. The highest BCUT2D eigenvalue weighted by atomic mass is 16.2. The standard InChI is InChI=1S/C22H25N3O3/c1-14(2)16-9-11-17(12-10-16)22(4)20(27)25(21(28)24-22)13-19(26)23-18-8-6-5-7-15(18)3/h5-12,14H,13H2,1-4H3,(H,23,26)(H,24,28). The summed E-state index contributed by atoms with van der Waals surface area (Å²) in [6, 6.07) is 14.4. The number of carbonyl (C=O) groups is 3. The van der Waals surface area contributed by atoms with E-state index in [-0.39, 0.29) is 6.54 Å². The Morgan fingerprint density at radius 1 is 1.11 bits per heavy atom. The van der Waals surface area contributed by atoms with Crippen LogP contribution >= 0.6 is 0 Å².